The molecule has 0 amide bonds. The van der Waals surface area contributed by atoms with Gasteiger partial charge in [-0.3, -0.25) is 0 Å². The Kier molecular flexibility index (Phi) is 3.50. The van der Waals surface area contributed by atoms with Crippen LogP contribution in [0.4, 0.5) is 0 Å². The van der Waals surface area contributed by atoms with E-state index in [1.54, 1.807) is 6.07 Å². The fraction of sp³-hybridized carbons (Fsp3) is 0.429. The van der Waals surface area contributed by atoms with Crippen molar-refractivity contribution in [2.75, 3.05) is 6.61 Å². The normalized spacial score (nSPS) is 20.2. The Morgan fingerprint density at radius 1 is 1.25 bits per heavy atom. The van der Waals surface area contributed by atoms with Gasteiger partial charge in [0.25, 0.3) is 0 Å². The fourth-order valence-electron chi connectivity index (χ4n) is 1.97. The van der Waals surface area contributed by atoms with Crippen molar-refractivity contribution < 1.29 is 9.84 Å². The SMILES string of the molecule is C/C1=C/CCCc2cc(O)ccc2OCC1. The molecular weight excluding hydrogens is 200 g/mol. The van der Waals surface area contributed by atoms with Crippen LogP contribution in [-0.2, 0) is 6.42 Å². The van der Waals surface area contributed by atoms with E-state index < -0.39 is 0 Å². The number of allylic oxidation sites excluding steroid dienone is 1. The van der Waals surface area contributed by atoms with Gasteiger partial charge in [-0.1, -0.05) is 11.6 Å². The molecule has 0 unspecified atom stereocenters. The Balaban J connectivity index is 2.18. The molecule has 0 aliphatic carbocycles. The third kappa shape index (κ3) is 2.78. The Bertz CT molecular complexity index is 394. The summed E-state index contributed by atoms with van der Waals surface area (Å²) < 4.78 is 5.74. The number of ether oxygens (including phenoxy) is 1. The van der Waals surface area contributed by atoms with Crippen molar-refractivity contribution in [3.05, 3.63) is 35.4 Å². The van der Waals surface area contributed by atoms with Gasteiger partial charge < -0.3 is 9.84 Å². The van der Waals surface area contributed by atoms with Crippen molar-refractivity contribution in [1.82, 2.24) is 0 Å². The van der Waals surface area contributed by atoms with Crippen LogP contribution in [0.2, 0.25) is 0 Å². The van der Waals surface area contributed by atoms with E-state index in [2.05, 4.69) is 13.0 Å². The maximum absolute atomic E-state index is 9.45. The minimum Gasteiger partial charge on any atom is -0.508 e. The van der Waals surface area contributed by atoms with E-state index in [0.717, 1.165) is 43.6 Å². The van der Waals surface area contributed by atoms with Crippen LogP contribution in [0, 0.1) is 0 Å². The Hall–Kier alpha value is -1.44. The third-order valence-electron chi connectivity index (χ3n) is 2.94. The lowest BCUT2D eigenvalue weighted by atomic mass is 10.0. The highest BCUT2D eigenvalue weighted by Crippen LogP contribution is 2.26. The number of aromatic hydroxyl groups is 1. The van der Waals surface area contributed by atoms with Crippen LogP contribution in [0.3, 0.4) is 0 Å². The molecule has 16 heavy (non-hydrogen) atoms. The molecule has 0 bridgehead atoms. The molecule has 86 valence electrons. The van der Waals surface area contributed by atoms with E-state index in [9.17, 15) is 5.11 Å². The number of hydrogen-bond acceptors (Lipinski definition) is 2. The van der Waals surface area contributed by atoms with Gasteiger partial charge in [0.05, 0.1) is 6.61 Å². The van der Waals surface area contributed by atoms with Gasteiger partial charge in [-0.15, -0.1) is 0 Å². The van der Waals surface area contributed by atoms with E-state index in [-0.39, 0.29) is 0 Å². The van der Waals surface area contributed by atoms with Gasteiger partial charge in [-0.05, 0) is 49.9 Å². The lowest BCUT2D eigenvalue weighted by molar-refractivity contribution is 0.316. The molecule has 2 rings (SSSR count). The molecule has 0 radical (unpaired) electrons. The summed E-state index contributed by atoms with van der Waals surface area (Å²) in [6.07, 6.45) is 6.46. The molecule has 1 aliphatic rings. The van der Waals surface area contributed by atoms with Crippen LogP contribution in [0.5, 0.6) is 11.5 Å². The van der Waals surface area contributed by atoms with E-state index in [1.807, 2.05) is 12.1 Å². The summed E-state index contributed by atoms with van der Waals surface area (Å²) in [6, 6.07) is 5.37. The van der Waals surface area contributed by atoms with Gasteiger partial charge >= 0.3 is 0 Å². The van der Waals surface area contributed by atoms with Crippen molar-refractivity contribution in [3.63, 3.8) is 0 Å². The number of aryl methyl sites for hydroxylation is 1. The molecule has 1 heterocycles. The van der Waals surface area contributed by atoms with Crippen molar-refractivity contribution in [2.45, 2.75) is 32.6 Å². The Labute approximate surface area is 96.6 Å². The van der Waals surface area contributed by atoms with Crippen LogP contribution >= 0.6 is 0 Å². The van der Waals surface area contributed by atoms with Gasteiger partial charge in [-0.2, -0.15) is 0 Å². The van der Waals surface area contributed by atoms with E-state index in [1.165, 1.54) is 5.57 Å². The predicted molar refractivity (Wildman–Crippen MR) is 64.9 cm³/mol. The number of hydrogen-bond donors (Lipinski definition) is 1. The van der Waals surface area contributed by atoms with Crippen LogP contribution in [0.1, 0.15) is 31.7 Å². The van der Waals surface area contributed by atoms with Crippen molar-refractivity contribution >= 4 is 0 Å². The summed E-state index contributed by atoms with van der Waals surface area (Å²) in [7, 11) is 0. The zero-order valence-corrected chi connectivity index (χ0v) is 9.70. The second-order valence-electron chi connectivity index (χ2n) is 4.33. The Morgan fingerprint density at radius 2 is 2.12 bits per heavy atom. The first-order chi connectivity index (χ1) is 7.75. The first-order valence-electron chi connectivity index (χ1n) is 5.86. The monoisotopic (exact) mass is 218 g/mol. The summed E-state index contributed by atoms with van der Waals surface area (Å²) >= 11 is 0. The summed E-state index contributed by atoms with van der Waals surface area (Å²) in [4.78, 5) is 0. The molecule has 0 saturated heterocycles. The average Bonchev–Trinajstić information content (AvgIpc) is 2.27. The predicted octanol–water partition coefficient (Wildman–Crippen LogP) is 3.44. The molecule has 1 aliphatic heterocycles. The first-order valence-corrected chi connectivity index (χ1v) is 5.86. The van der Waals surface area contributed by atoms with Crippen molar-refractivity contribution in [2.24, 2.45) is 0 Å². The van der Waals surface area contributed by atoms with E-state index in [4.69, 9.17) is 4.74 Å². The molecule has 2 heteroatoms. The first kappa shape index (κ1) is 11.1. The maximum Gasteiger partial charge on any atom is 0.122 e. The molecule has 2 nitrogen and oxygen atoms in total. The van der Waals surface area contributed by atoms with Crippen molar-refractivity contribution in [3.8, 4) is 11.5 Å². The Morgan fingerprint density at radius 3 is 3.00 bits per heavy atom. The largest absolute Gasteiger partial charge is 0.508 e. The zero-order chi connectivity index (χ0) is 11.4. The minimum absolute atomic E-state index is 0.325. The highest BCUT2D eigenvalue weighted by Gasteiger charge is 2.06. The van der Waals surface area contributed by atoms with Crippen molar-refractivity contribution in [1.29, 1.82) is 0 Å². The molecule has 1 aromatic carbocycles. The van der Waals surface area contributed by atoms with Crippen LogP contribution in [0.25, 0.3) is 0 Å². The summed E-state index contributed by atoms with van der Waals surface area (Å²) in [5, 5.41) is 9.45. The minimum atomic E-state index is 0.325. The van der Waals surface area contributed by atoms with E-state index in [0.29, 0.717) is 5.75 Å². The highest BCUT2D eigenvalue weighted by molar-refractivity contribution is 5.39. The van der Waals surface area contributed by atoms with Crippen LogP contribution in [-0.4, -0.2) is 11.7 Å². The second-order valence-corrected chi connectivity index (χ2v) is 4.33. The second kappa shape index (κ2) is 5.06. The number of rotatable bonds is 0. The quantitative estimate of drug-likeness (QED) is 0.676. The van der Waals surface area contributed by atoms with Gasteiger partial charge in [0.1, 0.15) is 11.5 Å². The molecule has 0 atom stereocenters. The average molecular weight is 218 g/mol. The standard InChI is InChI=1S/C14H18O2/c1-11-4-2-3-5-12-10-13(15)6-7-14(12)16-9-8-11/h4,6-7,10,15H,2-3,5,8-9H2,1H3/b11-4-. The molecular formula is C14H18O2. The summed E-state index contributed by atoms with van der Waals surface area (Å²) in [6.45, 7) is 2.88. The molecule has 0 saturated carbocycles. The number of phenolic OH excluding ortho intramolecular Hbond substituents is 1. The van der Waals surface area contributed by atoms with Gasteiger partial charge in [0, 0.05) is 6.42 Å². The number of phenols is 1. The molecule has 0 fully saturated rings. The third-order valence-corrected chi connectivity index (χ3v) is 2.94. The fourth-order valence-corrected chi connectivity index (χ4v) is 1.97. The molecule has 1 aromatic rings. The summed E-state index contributed by atoms with van der Waals surface area (Å²) in [5.41, 5.74) is 2.52. The van der Waals surface area contributed by atoms with Gasteiger partial charge in [0.2, 0.25) is 0 Å². The smallest absolute Gasteiger partial charge is 0.122 e. The molecule has 0 aromatic heterocycles. The van der Waals surface area contributed by atoms with Crippen LogP contribution < -0.4 is 4.74 Å². The highest BCUT2D eigenvalue weighted by atomic mass is 16.5. The number of benzene rings is 1. The lowest BCUT2D eigenvalue weighted by Crippen LogP contribution is -2.02. The zero-order valence-electron chi connectivity index (χ0n) is 9.70. The molecule has 1 N–H and O–H groups in total. The maximum atomic E-state index is 9.45. The topological polar surface area (TPSA) is 29.5 Å². The van der Waals surface area contributed by atoms with Gasteiger partial charge in [-0.25, -0.2) is 0 Å². The van der Waals surface area contributed by atoms with Crippen LogP contribution in [0.15, 0.2) is 29.8 Å². The lowest BCUT2D eigenvalue weighted by Gasteiger charge is -2.13. The van der Waals surface area contributed by atoms with Gasteiger partial charge in [0.15, 0.2) is 0 Å². The summed E-state index contributed by atoms with van der Waals surface area (Å²) in [5.74, 6) is 1.25. The number of fused-ring (bicyclic) bond motifs is 1. The van der Waals surface area contributed by atoms with E-state index >= 15 is 0 Å². The molecule has 0 spiro atoms.